The monoisotopic (exact) mass is 439 g/mol. The lowest BCUT2D eigenvalue weighted by Gasteiger charge is -2.12. The molecule has 4 rings (SSSR count). The summed E-state index contributed by atoms with van der Waals surface area (Å²) in [5, 5.41) is 5.77. The molecule has 0 fully saturated rings. The first-order chi connectivity index (χ1) is 14.6. The van der Waals surface area contributed by atoms with Crippen molar-refractivity contribution in [1.82, 2.24) is 24.3 Å². The van der Waals surface area contributed by atoms with Crippen LogP contribution in [-0.2, 0) is 13.1 Å². The molecule has 0 unspecified atom stereocenters. The zero-order valence-corrected chi connectivity index (χ0v) is 18.9. The molecule has 4 heterocycles. The van der Waals surface area contributed by atoms with Gasteiger partial charge in [0.1, 0.15) is 4.83 Å². The molecule has 156 valence electrons. The first-order valence-corrected chi connectivity index (χ1v) is 11.9. The van der Waals surface area contributed by atoms with Crippen molar-refractivity contribution in [2.45, 2.75) is 51.4 Å². The number of aryl methyl sites for hydroxylation is 3. The van der Waals surface area contributed by atoms with Gasteiger partial charge in [-0.05, 0) is 50.5 Å². The van der Waals surface area contributed by atoms with Crippen LogP contribution in [0.25, 0.3) is 10.2 Å². The van der Waals surface area contributed by atoms with Gasteiger partial charge in [-0.3, -0.25) is 19.0 Å². The van der Waals surface area contributed by atoms with Crippen molar-refractivity contribution in [1.29, 1.82) is 0 Å². The van der Waals surface area contributed by atoms with Crippen LogP contribution in [0.3, 0.4) is 0 Å². The lowest BCUT2D eigenvalue weighted by atomic mass is 10.2. The number of unbranched alkanes of at least 4 members (excludes halogenated alkanes) is 2. The van der Waals surface area contributed by atoms with Crippen LogP contribution in [0.5, 0.6) is 0 Å². The summed E-state index contributed by atoms with van der Waals surface area (Å²) in [6, 6.07) is 7.74. The molecule has 0 radical (unpaired) electrons. The van der Waals surface area contributed by atoms with E-state index in [0.717, 1.165) is 63.1 Å². The van der Waals surface area contributed by atoms with Crippen LogP contribution in [-0.4, -0.2) is 30.1 Å². The largest absolute Gasteiger partial charge is 0.281 e. The molecule has 0 aliphatic carbocycles. The Labute approximate surface area is 184 Å². The van der Waals surface area contributed by atoms with Gasteiger partial charge < -0.3 is 0 Å². The molecule has 0 aliphatic heterocycles. The van der Waals surface area contributed by atoms with Gasteiger partial charge in [-0.15, -0.1) is 11.3 Å². The highest BCUT2D eigenvalue weighted by Crippen LogP contribution is 2.29. The third kappa shape index (κ3) is 4.65. The van der Waals surface area contributed by atoms with Crippen molar-refractivity contribution in [3.8, 4) is 0 Å². The molecule has 0 N–H and O–H groups in total. The average Bonchev–Trinajstić information content (AvgIpc) is 3.36. The van der Waals surface area contributed by atoms with E-state index >= 15 is 0 Å². The fourth-order valence-corrected chi connectivity index (χ4v) is 5.43. The van der Waals surface area contributed by atoms with Crippen molar-refractivity contribution in [3.05, 3.63) is 69.3 Å². The van der Waals surface area contributed by atoms with E-state index in [4.69, 9.17) is 4.98 Å². The van der Waals surface area contributed by atoms with Crippen LogP contribution in [0.1, 0.15) is 35.4 Å². The SMILES string of the molecule is Cc1sc2nc(SCCCCCn3cccn3)n(Cc3ccccn3)c(=O)c2c1C. The quantitative estimate of drug-likeness (QED) is 0.215. The Morgan fingerprint density at radius 3 is 2.77 bits per heavy atom. The summed E-state index contributed by atoms with van der Waals surface area (Å²) >= 11 is 3.27. The predicted octanol–water partition coefficient (Wildman–Crippen LogP) is 4.68. The molecule has 30 heavy (non-hydrogen) atoms. The number of hydrogen-bond donors (Lipinski definition) is 0. The molecule has 8 heteroatoms. The number of aromatic nitrogens is 5. The van der Waals surface area contributed by atoms with E-state index < -0.39 is 0 Å². The highest BCUT2D eigenvalue weighted by molar-refractivity contribution is 7.99. The number of rotatable bonds is 9. The van der Waals surface area contributed by atoms with Crippen molar-refractivity contribution in [2.75, 3.05) is 5.75 Å². The third-order valence-electron chi connectivity index (χ3n) is 5.12. The van der Waals surface area contributed by atoms with Crippen LogP contribution in [0.15, 0.2) is 52.8 Å². The number of thiophene rings is 1. The molecule has 0 amide bonds. The van der Waals surface area contributed by atoms with Gasteiger partial charge in [0, 0.05) is 35.8 Å². The Morgan fingerprint density at radius 2 is 2.00 bits per heavy atom. The highest BCUT2D eigenvalue weighted by atomic mass is 32.2. The normalized spacial score (nSPS) is 11.4. The second kappa shape index (κ2) is 9.57. The molecule has 6 nitrogen and oxygen atoms in total. The van der Waals surface area contributed by atoms with Crippen LogP contribution >= 0.6 is 23.1 Å². The highest BCUT2D eigenvalue weighted by Gasteiger charge is 2.17. The average molecular weight is 440 g/mol. The minimum Gasteiger partial charge on any atom is -0.281 e. The molecule has 4 aromatic heterocycles. The molecule has 0 atom stereocenters. The fraction of sp³-hybridized carbons (Fsp3) is 0.364. The predicted molar refractivity (Wildman–Crippen MR) is 123 cm³/mol. The van der Waals surface area contributed by atoms with Crippen LogP contribution in [0, 0.1) is 13.8 Å². The van der Waals surface area contributed by atoms with E-state index in [1.165, 1.54) is 0 Å². The van der Waals surface area contributed by atoms with Crippen molar-refractivity contribution < 1.29 is 0 Å². The van der Waals surface area contributed by atoms with E-state index in [9.17, 15) is 4.79 Å². The number of fused-ring (bicyclic) bond motifs is 1. The van der Waals surface area contributed by atoms with Gasteiger partial charge in [-0.2, -0.15) is 5.10 Å². The number of nitrogens with zero attached hydrogens (tertiary/aromatic N) is 5. The molecule has 0 bridgehead atoms. The van der Waals surface area contributed by atoms with Crippen molar-refractivity contribution in [3.63, 3.8) is 0 Å². The van der Waals surface area contributed by atoms with Crippen LogP contribution < -0.4 is 5.56 Å². The van der Waals surface area contributed by atoms with Gasteiger partial charge in [-0.25, -0.2) is 4.98 Å². The maximum absolute atomic E-state index is 13.3. The maximum Gasteiger partial charge on any atom is 0.263 e. The Balaban J connectivity index is 1.50. The summed E-state index contributed by atoms with van der Waals surface area (Å²) in [7, 11) is 0. The summed E-state index contributed by atoms with van der Waals surface area (Å²) in [6.45, 7) is 5.45. The second-order valence-corrected chi connectivity index (χ2v) is 9.51. The minimum absolute atomic E-state index is 0.0358. The van der Waals surface area contributed by atoms with Gasteiger partial charge >= 0.3 is 0 Å². The zero-order valence-electron chi connectivity index (χ0n) is 17.2. The number of thioether (sulfide) groups is 1. The maximum atomic E-state index is 13.3. The molecule has 4 aromatic rings. The summed E-state index contributed by atoms with van der Waals surface area (Å²) in [5.74, 6) is 0.933. The first-order valence-electron chi connectivity index (χ1n) is 10.1. The van der Waals surface area contributed by atoms with Gasteiger partial charge in [0.2, 0.25) is 0 Å². The number of pyridine rings is 1. The molecule has 0 saturated carbocycles. The first kappa shape index (κ1) is 20.8. The fourth-order valence-electron chi connectivity index (χ4n) is 3.36. The van der Waals surface area contributed by atoms with Crippen molar-refractivity contribution in [2.24, 2.45) is 0 Å². The minimum atomic E-state index is 0.0358. The Morgan fingerprint density at radius 1 is 1.10 bits per heavy atom. The van der Waals surface area contributed by atoms with Gasteiger partial charge in [0.05, 0.1) is 17.6 Å². The summed E-state index contributed by atoms with van der Waals surface area (Å²) in [5.41, 5.74) is 1.94. The van der Waals surface area contributed by atoms with E-state index in [1.54, 1.807) is 33.9 Å². The Bertz CT molecular complexity index is 1170. The summed E-state index contributed by atoms with van der Waals surface area (Å²) < 4.78 is 3.76. The molecule has 0 aromatic carbocycles. The van der Waals surface area contributed by atoms with E-state index in [2.05, 4.69) is 17.0 Å². The van der Waals surface area contributed by atoms with Gasteiger partial charge in [0.25, 0.3) is 5.56 Å². The van der Waals surface area contributed by atoms with Crippen molar-refractivity contribution >= 4 is 33.3 Å². The van der Waals surface area contributed by atoms with Crippen LogP contribution in [0.2, 0.25) is 0 Å². The zero-order chi connectivity index (χ0) is 20.9. The lowest BCUT2D eigenvalue weighted by molar-refractivity contribution is 0.554. The standard InChI is InChI=1S/C22H25N5OS2/c1-16-17(2)30-20-19(16)21(28)27(15-18-9-4-5-10-23-18)22(25-20)29-14-7-3-6-12-26-13-8-11-24-26/h4-5,8-11,13H,3,6-7,12,14-15H2,1-2H3. The van der Waals surface area contributed by atoms with Gasteiger partial charge in [0.15, 0.2) is 5.16 Å². The Hall–Kier alpha value is -2.45. The summed E-state index contributed by atoms with van der Waals surface area (Å²) in [6.07, 6.45) is 8.86. The number of hydrogen-bond acceptors (Lipinski definition) is 6. The van der Waals surface area contributed by atoms with E-state index in [0.29, 0.717) is 6.54 Å². The smallest absolute Gasteiger partial charge is 0.263 e. The topological polar surface area (TPSA) is 65.6 Å². The Kier molecular flexibility index (Phi) is 6.64. The van der Waals surface area contributed by atoms with E-state index in [1.807, 2.05) is 48.3 Å². The van der Waals surface area contributed by atoms with E-state index in [-0.39, 0.29) is 5.56 Å². The lowest BCUT2D eigenvalue weighted by Crippen LogP contribution is -2.24. The molecule has 0 spiro atoms. The second-order valence-electron chi connectivity index (χ2n) is 7.25. The third-order valence-corrected chi connectivity index (χ3v) is 7.29. The molecule has 0 aliphatic rings. The molecule has 0 saturated heterocycles. The van der Waals surface area contributed by atoms with Crippen LogP contribution in [0.4, 0.5) is 0 Å². The van der Waals surface area contributed by atoms with Gasteiger partial charge in [-0.1, -0.05) is 24.2 Å². The summed E-state index contributed by atoms with van der Waals surface area (Å²) in [4.78, 5) is 24.6. The molecular formula is C22H25N5OS2. The molecular weight excluding hydrogens is 414 g/mol.